The first-order chi connectivity index (χ1) is 16.9. The summed E-state index contributed by atoms with van der Waals surface area (Å²) in [5, 5.41) is 7.51. The fraction of sp³-hybridized carbons (Fsp3) is 0.133. The number of rotatable bonds is 3. The van der Waals surface area contributed by atoms with Gasteiger partial charge in [0.2, 0.25) is 5.89 Å². The number of benzene rings is 4. The molecule has 4 aromatic carbocycles. The summed E-state index contributed by atoms with van der Waals surface area (Å²) in [6, 6.07) is 22.5. The predicted molar refractivity (Wildman–Crippen MR) is 146 cm³/mol. The van der Waals surface area contributed by atoms with E-state index in [-0.39, 0.29) is 5.91 Å². The van der Waals surface area contributed by atoms with Crippen LogP contribution in [-0.4, -0.2) is 10.9 Å². The average molecular weight is 477 g/mol. The van der Waals surface area contributed by atoms with Crippen LogP contribution in [0.1, 0.15) is 31.2 Å². The topological polar surface area (TPSA) is 55.1 Å². The molecule has 0 radical (unpaired) electrons. The lowest BCUT2D eigenvalue weighted by atomic mass is 9.97. The van der Waals surface area contributed by atoms with Crippen molar-refractivity contribution in [3.8, 4) is 11.5 Å². The fourth-order valence-electron chi connectivity index (χ4n) is 4.73. The number of nitrogens with one attached hydrogen (secondary N) is 1. The number of carbonyl (C=O) groups is 1. The Hall–Kier alpha value is -3.96. The van der Waals surface area contributed by atoms with Crippen molar-refractivity contribution in [3.05, 3.63) is 93.2 Å². The van der Waals surface area contributed by atoms with E-state index in [2.05, 4.69) is 55.6 Å². The molecule has 0 spiro atoms. The van der Waals surface area contributed by atoms with Crippen LogP contribution in [0.2, 0.25) is 0 Å². The molecule has 0 bridgehead atoms. The van der Waals surface area contributed by atoms with E-state index >= 15 is 0 Å². The minimum absolute atomic E-state index is 0.0926. The van der Waals surface area contributed by atoms with Crippen molar-refractivity contribution in [1.82, 2.24) is 4.98 Å². The Morgan fingerprint density at radius 2 is 1.46 bits per heavy atom. The van der Waals surface area contributed by atoms with Crippen LogP contribution >= 0.6 is 11.3 Å². The lowest BCUT2D eigenvalue weighted by molar-refractivity contribution is 0.102. The maximum Gasteiger partial charge on any atom is 0.256 e. The third-order valence-corrected chi connectivity index (χ3v) is 7.41. The van der Waals surface area contributed by atoms with Crippen molar-refractivity contribution in [2.45, 2.75) is 27.7 Å². The zero-order valence-electron chi connectivity index (χ0n) is 20.0. The van der Waals surface area contributed by atoms with Crippen LogP contribution < -0.4 is 5.32 Å². The molecule has 6 rings (SSSR count). The van der Waals surface area contributed by atoms with Crippen LogP contribution in [0.15, 0.2) is 71.1 Å². The molecule has 35 heavy (non-hydrogen) atoms. The first-order valence-electron chi connectivity index (χ1n) is 11.6. The lowest BCUT2D eigenvalue weighted by Gasteiger charge is -2.07. The fourth-order valence-corrected chi connectivity index (χ4v) is 5.65. The van der Waals surface area contributed by atoms with Gasteiger partial charge in [0, 0.05) is 31.8 Å². The van der Waals surface area contributed by atoms with Gasteiger partial charge >= 0.3 is 0 Å². The molecule has 0 aliphatic rings. The Kier molecular flexibility index (Phi) is 4.97. The summed E-state index contributed by atoms with van der Waals surface area (Å²) < 4.78 is 6.36. The average Bonchev–Trinajstić information content (AvgIpc) is 3.43. The van der Waals surface area contributed by atoms with Crippen LogP contribution in [0, 0.1) is 27.7 Å². The van der Waals surface area contributed by atoms with Gasteiger partial charge < -0.3 is 9.73 Å². The molecule has 0 saturated heterocycles. The highest BCUT2D eigenvalue weighted by molar-refractivity contribution is 7.12. The number of aromatic nitrogens is 1. The number of amides is 1. The van der Waals surface area contributed by atoms with Crippen molar-refractivity contribution >= 4 is 55.6 Å². The highest BCUT2D eigenvalue weighted by atomic mass is 32.1. The molecular formula is C30H24N2O2S. The third-order valence-electron chi connectivity index (χ3n) is 6.44. The molecular weight excluding hydrogens is 452 g/mol. The van der Waals surface area contributed by atoms with Gasteiger partial charge in [0.05, 0.1) is 5.56 Å². The second-order valence-electron chi connectivity index (χ2n) is 9.15. The molecule has 4 nitrogen and oxygen atoms in total. The quantitative estimate of drug-likeness (QED) is 0.261. The van der Waals surface area contributed by atoms with Crippen molar-refractivity contribution in [3.63, 3.8) is 0 Å². The normalized spacial score (nSPS) is 11.5. The zero-order chi connectivity index (χ0) is 24.3. The largest absolute Gasteiger partial charge is 0.435 e. The third kappa shape index (κ3) is 3.69. The van der Waals surface area contributed by atoms with Crippen LogP contribution in [0.3, 0.4) is 0 Å². The van der Waals surface area contributed by atoms with Gasteiger partial charge in [0.15, 0.2) is 5.58 Å². The van der Waals surface area contributed by atoms with E-state index in [0.717, 1.165) is 48.4 Å². The van der Waals surface area contributed by atoms with Crippen LogP contribution in [-0.2, 0) is 0 Å². The van der Waals surface area contributed by atoms with Crippen LogP contribution in [0.25, 0.3) is 44.1 Å². The zero-order valence-corrected chi connectivity index (χ0v) is 20.8. The standard InChI is InChI=1S/C30H24N2O2S/c1-16-5-11-22-25(13-16)26-14-17(2)6-12-23(26)28-27(22)32-30(34-28)20-7-9-21(10-8-20)31-29(33)24-15-18(3)35-19(24)4/h5-15H,1-4H3,(H,31,33). The number of aryl methyl sites for hydroxylation is 4. The van der Waals surface area contributed by atoms with Gasteiger partial charge in [-0.2, -0.15) is 0 Å². The molecule has 0 aliphatic carbocycles. The number of nitrogens with zero attached hydrogens (tertiary/aromatic N) is 1. The highest BCUT2D eigenvalue weighted by Crippen LogP contribution is 2.38. The number of oxazole rings is 1. The van der Waals surface area contributed by atoms with Crippen molar-refractivity contribution in [2.24, 2.45) is 0 Å². The van der Waals surface area contributed by atoms with Gasteiger partial charge in [-0.1, -0.05) is 47.5 Å². The van der Waals surface area contributed by atoms with Gasteiger partial charge in [-0.25, -0.2) is 4.98 Å². The molecule has 2 heterocycles. The molecule has 0 atom stereocenters. The van der Waals surface area contributed by atoms with E-state index < -0.39 is 0 Å². The summed E-state index contributed by atoms with van der Waals surface area (Å²) >= 11 is 1.63. The number of hydrogen-bond donors (Lipinski definition) is 1. The molecule has 0 unspecified atom stereocenters. The summed E-state index contributed by atoms with van der Waals surface area (Å²) in [7, 11) is 0. The summed E-state index contributed by atoms with van der Waals surface area (Å²) in [5.74, 6) is 0.474. The Morgan fingerprint density at radius 3 is 2.11 bits per heavy atom. The van der Waals surface area contributed by atoms with E-state index in [4.69, 9.17) is 9.40 Å². The number of carbonyl (C=O) groups excluding carboxylic acids is 1. The summed E-state index contributed by atoms with van der Waals surface area (Å²) in [5.41, 5.74) is 6.42. The van der Waals surface area contributed by atoms with E-state index in [0.29, 0.717) is 5.89 Å². The lowest BCUT2D eigenvalue weighted by Crippen LogP contribution is -2.11. The van der Waals surface area contributed by atoms with Crippen molar-refractivity contribution < 1.29 is 9.21 Å². The maximum atomic E-state index is 12.7. The minimum atomic E-state index is -0.0926. The van der Waals surface area contributed by atoms with Crippen LogP contribution in [0.5, 0.6) is 0 Å². The first kappa shape index (κ1) is 21.6. The second kappa shape index (κ2) is 8.07. The number of thiophene rings is 1. The smallest absolute Gasteiger partial charge is 0.256 e. The number of anilines is 1. The molecule has 6 aromatic rings. The number of fused-ring (bicyclic) bond motifs is 6. The SMILES string of the molecule is Cc1ccc2c(c1)c1cc(C)ccc1c1oc(-c3ccc(NC(=O)c4cc(C)sc4C)cc3)nc21. The highest BCUT2D eigenvalue weighted by Gasteiger charge is 2.17. The van der Waals surface area contributed by atoms with E-state index in [9.17, 15) is 4.79 Å². The molecule has 2 aromatic heterocycles. The molecule has 5 heteroatoms. The van der Waals surface area contributed by atoms with E-state index in [1.165, 1.54) is 21.9 Å². The molecule has 0 fully saturated rings. The Labute approximate surface area is 207 Å². The molecule has 1 N–H and O–H groups in total. The van der Waals surface area contributed by atoms with Crippen molar-refractivity contribution in [1.29, 1.82) is 0 Å². The van der Waals surface area contributed by atoms with E-state index in [1.807, 2.05) is 44.2 Å². The van der Waals surface area contributed by atoms with Crippen molar-refractivity contribution in [2.75, 3.05) is 5.32 Å². The summed E-state index contributed by atoms with van der Waals surface area (Å²) in [4.78, 5) is 19.7. The number of hydrogen-bond acceptors (Lipinski definition) is 4. The molecule has 1 amide bonds. The van der Waals surface area contributed by atoms with Gasteiger partial charge in [0.25, 0.3) is 5.91 Å². The van der Waals surface area contributed by atoms with Gasteiger partial charge in [-0.15, -0.1) is 11.3 Å². The first-order valence-corrected chi connectivity index (χ1v) is 12.4. The summed E-state index contributed by atoms with van der Waals surface area (Å²) in [6.07, 6.45) is 0. The monoisotopic (exact) mass is 476 g/mol. The Balaban J connectivity index is 1.41. The Bertz CT molecular complexity index is 1700. The Morgan fingerprint density at radius 1 is 0.800 bits per heavy atom. The molecule has 172 valence electrons. The van der Waals surface area contributed by atoms with E-state index in [1.54, 1.807) is 11.3 Å². The predicted octanol–water partition coefficient (Wildman–Crippen LogP) is 8.35. The second-order valence-corrected chi connectivity index (χ2v) is 10.6. The van der Waals surface area contributed by atoms with Gasteiger partial charge in [-0.3, -0.25) is 4.79 Å². The van der Waals surface area contributed by atoms with Crippen LogP contribution in [0.4, 0.5) is 5.69 Å². The maximum absolute atomic E-state index is 12.7. The molecule has 0 saturated carbocycles. The molecule has 0 aliphatic heterocycles. The van der Waals surface area contributed by atoms with Gasteiger partial charge in [-0.05, 0) is 68.8 Å². The van der Waals surface area contributed by atoms with Gasteiger partial charge in [0.1, 0.15) is 5.52 Å². The minimum Gasteiger partial charge on any atom is -0.435 e. The summed E-state index contributed by atoms with van der Waals surface area (Å²) in [6.45, 7) is 8.20.